The van der Waals surface area contributed by atoms with E-state index >= 15 is 0 Å². The van der Waals surface area contributed by atoms with Crippen molar-refractivity contribution in [1.82, 2.24) is 0 Å². The van der Waals surface area contributed by atoms with E-state index in [1.807, 2.05) is 18.8 Å². The summed E-state index contributed by atoms with van der Waals surface area (Å²) in [4.78, 5) is 0. The first kappa shape index (κ1) is 7.88. The van der Waals surface area contributed by atoms with Crippen molar-refractivity contribution in [2.45, 2.75) is 0 Å². The average Bonchev–Trinajstić information content (AvgIpc) is 1.32. The van der Waals surface area contributed by atoms with Crippen molar-refractivity contribution in [3.63, 3.8) is 0 Å². The molecule has 0 saturated heterocycles. The van der Waals surface area contributed by atoms with Gasteiger partial charge in [0.15, 0.2) is 0 Å². The Bertz CT molecular complexity index is 113. The van der Waals surface area contributed by atoms with E-state index in [4.69, 9.17) is 0 Å². The molecule has 0 aromatic carbocycles. The van der Waals surface area contributed by atoms with E-state index < -0.39 is 9.07 Å². The predicted molar refractivity (Wildman–Crippen MR) is 44.8 cm³/mol. The van der Waals surface area contributed by atoms with Crippen LogP contribution in [0, 0.1) is 0 Å². The third-order valence-electron chi connectivity index (χ3n) is 0.372. The van der Waals surface area contributed by atoms with Crippen molar-refractivity contribution < 1.29 is 4.21 Å². The molecule has 1 nitrogen and oxygen atoms in total. The zero-order chi connectivity index (χ0) is 6.15. The lowest BCUT2D eigenvalue weighted by Gasteiger charge is -2.24. The van der Waals surface area contributed by atoms with E-state index in [1.54, 1.807) is 0 Å². The van der Waals surface area contributed by atoms with Gasteiger partial charge in [-0.05, 0) is 18.8 Å². The van der Waals surface area contributed by atoms with Gasteiger partial charge in [-0.3, -0.25) is 4.21 Å². The summed E-state index contributed by atoms with van der Waals surface area (Å²) in [5, 5.41) is 0. The molecule has 46 valence electrons. The van der Waals surface area contributed by atoms with Crippen LogP contribution in [0.4, 0.5) is 0 Å². The normalized spacial score (nSPS) is 18.0. The zero-order valence-corrected chi connectivity index (χ0v) is 7.88. The van der Waals surface area contributed by atoms with Crippen molar-refractivity contribution >= 4 is 31.7 Å². The van der Waals surface area contributed by atoms with Gasteiger partial charge in [-0.25, -0.2) is 0 Å². The summed E-state index contributed by atoms with van der Waals surface area (Å²) in [5.74, 6) is 0. The van der Waals surface area contributed by atoms with Gasteiger partial charge in [0.1, 0.15) is 0 Å². The molecule has 0 heterocycles. The average molecular weight is 234 g/mol. The molecule has 0 rings (SSSR count). The van der Waals surface area contributed by atoms with Crippen molar-refractivity contribution in [3.05, 3.63) is 0 Å². The van der Waals surface area contributed by atoms with E-state index in [0.29, 0.717) is 0 Å². The van der Waals surface area contributed by atoms with Crippen molar-refractivity contribution in [1.29, 1.82) is 0 Å². The van der Waals surface area contributed by atoms with Gasteiger partial charge in [0, 0.05) is 0 Å². The minimum atomic E-state index is -2.13. The molecule has 0 aliphatic rings. The maximum absolute atomic E-state index is 11.1. The van der Waals surface area contributed by atoms with Crippen LogP contribution in [-0.4, -0.2) is 26.7 Å². The monoisotopic (exact) mass is 234 g/mol. The highest BCUT2D eigenvalue weighted by molar-refractivity contribution is 14.1. The molecule has 0 aromatic rings. The third kappa shape index (κ3) is 6.88. The van der Waals surface area contributed by atoms with E-state index in [0.717, 1.165) is 3.76 Å². The summed E-state index contributed by atoms with van der Waals surface area (Å²) < 4.78 is 11.9. The Morgan fingerprint density at radius 2 is 1.57 bits per heavy atom. The minimum Gasteiger partial charge on any atom is -0.282 e. The lowest BCUT2D eigenvalue weighted by molar-refractivity contribution is 0.673. The smallest absolute Gasteiger partial charge is 0.0549 e. The summed E-state index contributed by atoms with van der Waals surface area (Å²) in [6, 6.07) is 0. The molecule has 0 aliphatic carbocycles. The molecule has 7 heavy (non-hydrogen) atoms. The maximum atomic E-state index is 11.1. The second-order valence-electron chi connectivity index (χ2n) is 2.82. The Morgan fingerprint density at radius 3 is 1.57 bits per heavy atom. The summed E-state index contributed by atoms with van der Waals surface area (Å²) in [5.41, 5.74) is 0. The topological polar surface area (TPSA) is 17.1 Å². The molecule has 0 N–H and O–H groups in total. The fourth-order valence-corrected chi connectivity index (χ4v) is 0. The van der Waals surface area contributed by atoms with Crippen molar-refractivity contribution in [2.75, 3.05) is 22.5 Å². The van der Waals surface area contributed by atoms with Crippen LogP contribution in [-0.2, 0) is 9.07 Å². The van der Waals surface area contributed by atoms with Crippen molar-refractivity contribution in [2.24, 2.45) is 0 Å². The number of halogens is 1. The first-order valence-corrected chi connectivity index (χ1v) is 6.83. The third-order valence-corrected chi connectivity index (χ3v) is 7.48. The molecule has 0 bridgehead atoms. The molecular weight excluding hydrogens is 223 g/mol. The number of hydrogen-bond acceptors (Lipinski definition) is 1. The molecule has 0 atom stereocenters. The van der Waals surface area contributed by atoms with Gasteiger partial charge in [-0.15, -0.1) is 0 Å². The summed E-state index contributed by atoms with van der Waals surface area (Å²) in [7, 11) is -2.13. The van der Waals surface area contributed by atoms with Gasteiger partial charge in [0.05, 0.1) is 3.76 Å². The maximum Gasteiger partial charge on any atom is 0.0549 e. The van der Waals surface area contributed by atoms with E-state index in [9.17, 15) is 4.21 Å². The Hall–Kier alpha value is 0.880. The van der Waals surface area contributed by atoms with Crippen LogP contribution < -0.4 is 0 Å². The Labute approximate surface area is 58.4 Å². The Kier molecular flexibility index (Phi) is 1.90. The summed E-state index contributed by atoms with van der Waals surface area (Å²) in [6.07, 6.45) is 5.43. The van der Waals surface area contributed by atoms with Gasteiger partial charge in [-0.2, -0.15) is 0 Å². The van der Waals surface area contributed by atoms with Crippen LogP contribution in [0.15, 0.2) is 0 Å². The van der Waals surface area contributed by atoms with Gasteiger partial charge in [0.2, 0.25) is 0 Å². The number of rotatable bonds is 1. The van der Waals surface area contributed by atoms with E-state index in [-0.39, 0.29) is 0 Å². The predicted octanol–water partition coefficient (Wildman–Crippen LogP) is 1.09. The summed E-state index contributed by atoms with van der Waals surface area (Å²) >= 11 is 2.15. The summed E-state index contributed by atoms with van der Waals surface area (Å²) in [6.45, 7) is 0. The minimum absolute atomic E-state index is 0.759. The number of hydrogen-bond donors (Lipinski definition) is 0. The van der Waals surface area contributed by atoms with Gasteiger partial charge in [0.25, 0.3) is 0 Å². The van der Waals surface area contributed by atoms with Crippen LogP contribution in [0.5, 0.6) is 0 Å². The van der Waals surface area contributed by atoms with Crippen LogP contribution in [0.1, 0.15) is 0 Å². The van der Waals surface area contributed by atoms with Gasteiger partial charge >= 0.3 is 0 Å². The van der Waals surface area contributed by atoms with E-state index in [2.05, 4.69) is 22.6 Å². The standard InChI is InChI=1S/C4H11IOS/c1-7(2,3,6)4-5/h4H2,1-3H3. The highest BCUT2D eigenvalue weighted by Gasteiger charge is 2.13. The second-order valence-corrected chi connectivity index (χ2v) is 10.3. The largest absolute Gasteiger partial charge is 0.282 e. The zero-order valence-electron chi connectivity index (χ0n) is 4.90. The molecular formula is C4H11IOS. The van der Waals surface area contributed by atoms with Crippen LogP contribution >= 0.6 is 22.6 Å². The molecule has 0 spiro atoms. The molecule has 0 aliphatic heterocycles. The molecule has 0 fully saturated rings. The molecule has 0 amide bonds. The van der Waals surface area contributed by atoms with E-state index in [1.165, 1.54) is 0 Å². The Morgan fingerprint density at radius 1 is 1.43 bits per heavy atom. The molecule has 0 saturated carbocycles. The first-order chi connectivity index (χ1) is 2.81. The fourth-order valence-electron chi connectivity index (χ4n) is 0. The Balaban J connectivity index is 4.14. The molecule has 0 unspecified atom stereocenters. The fraction of sp³-hybridized carbons (Fsp3) is 1.00. The van der Waals surface area contributed by atoms with Crippen molar-refractivity contribution in [3.8, 4) is 0 Å². The van der Waals surface area contributed by atoms with Crippen LogP contribution in [0.25, 0.3) is 0 Å². The van der Waals surface area contributed by atoms with Gasteiger partial charge < -0.3 is 0 Å². The molecule has 0 radical (unpaired) electrons. The lowest BCUT2D eigenvalue weighted by Crippen LogP contribution is -2.27. The highest BCUT2D eigenvalue weighted by Crippen LogP contribution is 2.14. The van der Waals surface area contributed by atoms with Crippen LogP contribution in [0.3, 0.4) is 0 Å². The second kappa shape index (κ2) is 1.69. The molecule has 0 aromatic heterocycles. The van der Waals surface area contributed by atoms with Gasteiger partial charge in [-0.1, -0.05) is 31.7 Å². The number of alkyl halides is 1. The first-order valence-electron chi connectivity index (χ1n) is 1.95. The van der Waals surface area contributed by atoms with Crippen LogP contribution in [0.2, 0.25) is 0 Å². The quantitative estimate of drug-likeness (QED) is 0.490. The lowest BCUT2D eigenvalue weighted by atomic mass is 11.8. The highest BCUT2D eigenvalue weighted by atomic mass is 127. The SMILES string of the molecule is CS(C)(C)(=O)CI. The molecule has 3 heteroatoms.